The second-order valence-electron chi connectivity index (χ2n) is 6.39. The van der Waals surface area contributed by atoms with E-state index in [2.05, 4.69) is 24.1 Å². The van der Waals surface area contributed by atoms with E-state index in [1.807, 2.05) is 14.1 Å². The Morgan fingerprint density at radius 1 is 1.30 bits per heavy atom. The Balaban J connectivity index is 2.34. The molecule has 0 spiro atoms. The van der Waals surface area contributed by atoms with Crippen LogP contribution in [0.2, 0.25) is 0 Å². The second-order valence-corrected chi connectivity index (χ2v) is 6.39. The minimum atomic E-state index is -0.749. The van der Waals surface area contributed by atoms with Gasteiger partial charge in [0.2, 0.25) is 0 Å². The molecule has 0 aromatic rings. The molecule has 20 heavy (non-hydrogen) atoms. The van der Waals surface area contributed by atoms with E-state index in [-0.39, 0.29) is 23.9 Å². The molecule has 0 bridgehead atoms. The number of urea groups is 1. The summed E-state index contributed by atoms with van der Waals surface area (Å²) in [5.74, 6) is -0.546. The van der Waals surface area contributed by atoms with Gasteiger partial charge in [0.1, 0.15) is 0 Å². The Bertz CT molecular complexity index is 348. The number of carboxylic acid groups (broad SMARTS) is 1. The van der Waals surface area contributed by atoms with Crippen LogP contribution in [0.15, 0.2) is 0 Å². The summed E-state index contributed by atoms with van der Waals surface area (Å²) in [5, 5.41) is 11.7. The molecular formula is C14H27N3O3. The maximum Gasteiger partial charge on any atom is 0.317 e. The maximum atomic E-state index is 12.1. The van der Waals surface area contributed by atoms with Crippen LogP contribution in [0.5, 0.6) is 0 Å². The van der Waals surface area contributed by atoms with Crippen molar-refractivity contribution in [1.82, 2.24) is 15.1 Å². The van der Waals surface area contributed by atoms with Crippen LogP contribution < -0.4 is 5.32 Å². The number of aliphatic carboxylic acids is 1. The van der Waals surface area contributed by atoms with E-state index in [0.29, 0.717) is 19.6 Å². The molecule has 0 atom stereocenters. The molecule has 0 saturated carbocycles. The Morgan fingerprint density at radius 2 is 1.85 bits per heavy atom. The fraction of sp³-hybridized carbons (Fsp3) is 0.857. The summed E-state index contributed by atoms with van der Waals surface area (Å²) in [4.78, 5) is 26.6. The normalized spacial score (nSPS) is 17.4. The van der Waals surface area contributed by atoms with Crippen molar-refractivity contribution in [3.8, 4) is 0 Å². The van der Waals surface area contributed by atoms with Crippen molar-refractivity contribution < 1.29 is 14.7 Å². The number of nitrogens with one attached hydrogen (secondary N) is 1. The van der Waals surface area contributed by atoms with Gasteiger partial charge in [0.25, 0.3) is 0 Å². The smallest absolute Gasteiger partial charge is 0.317 e. The van der Waals surface area contributed by atoms with Gasteiger partial charge in [0.05, 0.1) is 0 Å². The SMILES string of the molecule is CN(C)C(C)(C)CNC(=O)N1CCC(CC(=O)O)CC1. The monoisotopic (exact) mass is 285 g/mol. The summed E-state index contributed by atoms with van der Waals surface area (Å²) in [6, 6.07) is -0.0475. The van der Waals surface area contributed by atoms with E-state index in [1.54, 1.807) is 4.90 Å². The number of amides is 2. The third-order valence-corrected chi connectivity index (χ3v) is 4.25. The Morgan fingerprint density at radius 3 is 2.30 bits per heavy atom. The molecule has 1 rings (SSSR count). The van der Waals surface area contributed by atoms with Crippen molar-refractivity contribution >= 4 is 12.0 Å². The Kier molecular flexibility index (Phi) is 5.80. The highest BCUT2D eigenvalue weighted by atomic mass is 16.4. The molecule has 6 nitrogen and oxygen atoms in total. The zero-order chi connectivity index (χ0) is 15.3. The third kappa shape index (κ3) is 5.00. The van der Waals surface area contributed by atoms with Crippen molar-refractivity contribution in [1.29, 1.82) is 0 Å². The first-order valence-corrected chi connectivity index (χ1v) is 7.14. The number of nitrogens with zero attached hydrogens (tertiary/aromatic N) is 2. The van der Waals surface area contributed by atoms with Gasteiger partial charge in [-0.25, -0.2) is 4.79 Å². The van der Waals surface area contributed by atoms with Crippen molar-refractivity contribution in [3.05, 3.63) is 0 Å². The highest BCUT2D eigenvalue weighted by Gasteiger charge is 2.26. The van der Waals surface area contributed by atoms with Gasteiger partial charge in [0.15, 0.2) is 0 Å². The summed E-state index contributed by atoms with van der Waals surface area (Å²) >= 11 is 0. The predicted octanol–water partition coefficient (Wildman–Crippen LogP) is 1.22. The molecule has 0 unspecified atom stereocenters. The molecule has 116 valence electrons. The first-order chi connectivity index (χ1) is 9.22. The summed E-state index contributed by atoms with van der Waals surface area (Å²) in [6.45, 7) is 6.03. The molecule has 0 radical (unpaired) electrons. The summed E-state index contributed by atoms with van der Waals surface area (Å²) in [7, 11) is 3.98. The number of piperidine rings is 1. The van der Waals surface area contributed by atoms with Crippen LogP contribution >= 0.6 is 0 Å². The first-order valence-electron chi connectivity index (χ1n) is 7.14. The largest absolute Gasteiger partial charge is 0.481 e. The van der Waals surface area contributed by atoms with Crippen LogP contribution in [0.4, 0.5) is 4.79 Å². The number of carboxylic acids is 1. The maximum absolute atomic E-state index is 12.1. The van der Waals surface area contributed by atoms with Crippen LogP contribution in [-0.4, -0.2) is 66.2 Å². The average molecular weight is 285 g/mol. The van der Waals surface area contributed by atoms with Gasteiger partial charge in [-0.3, -0.25) is 4.79 Å². The minimum absolute atomic E-state index is 0.0475. The third-order valence-electron chi connectivity index (χ3n) is 4.25. The number of hydrogen-bond acceptors (Lipinski definition) is 3. The van der Waals surface area contributed by atoms with Crippen molar-refractivity contribution in [2.24, 2.45) is 5.92 Å². The molecule has 2 N–H and O–H groups in total. The molecule has 1 aliphatic rings. The lowest BCUT2D eigenvalue weighted by atomic mass is 9.94. The van der Waals surface area contributed by atoms with Crippen LogP contribution in [0.3, 0.4) is 0 Å². The van der Waals surface area contributed by atoms with E-state index < -0.39 is 5.97 Å². The van der Waals surface area contributed by atoms with E-state index in [4.69, 9.17) is 5.11 Å². The second kappa shape index (κ2) is 6.92. The Hall–Kier alpha value is -1.30. The predicted molar refractivity (Wildman–Crippen MR) is 77.7 cm³/mol. The number of rotatable bonds is 5. The number of carbonyl (C=O) groups excluding carboxylic acids is 1. The van der Waals surface area contributed by atoms with Gasteiger partial charge >= 0.3 is 12.0 Å². The van der Waals surface area contributed by atoms with Gasteiger partial charge in [-0.05, 0) is 46.7 Å². The van der Waals surface area contributed by atoms with Gasteiger partial charge in [-0.2, -0.15) is 0 Å². The highest BCUT2D eigenvalue weighted by Crippen LogP contribution is 2.20. The summed E-state index contributed by atoms with van der Waals surface area (Å²) in [6.07, 6.45) is 1.76. The molecule has 1 heterocycles. The van der Waals surface area contributed by atoms with Crippen LogP contribution in [0, 0.1) is 5.92 Å². The highest BCUT2D eigenvalue weighted by molar-refractivity contribution is 5.74. The molecule has 0 aliphatic carbocycles. The van der Waals surface area contributed by atoms with Crippen molar-refractivity contribution in [2.75, 3.05) is 33.7 Å². The van der Waals surface area contributed by atoms with Crippen LogP contribution in [0.1, 0.15) is 33.1 Å². The van der Waals surface area contributed by atoms with E-state index in [0.717, 1.165) is 12.8 Å². The van der Waals surface area contributed by atoms with Crippen LogP contribution in [-0.2, 0) is 4.79 Å². The zero-order valence-corrected chi connectivity index (χ0v) is 13.0. The van der Waals surface area contributed by atoms with Crippen molar-refractivity contribution in [2.45, 2.75) is 38.6 Å². The fourth-order valence-corrected chi connectivity index (χ4v) is 2.15. The number of likely N-dealkylation sites (N-methyl/N-ethyl adjacent to an activating group) is 1. The first kappa shape index (κ1) is 16.8. The van der Waals surface area contributed by atoms with Crippen molar-refractivity contribution in [3.63, 3.8) is 0 Å². The molecule has 1 saturated heterocycles. The average Bonchev–Trinajstić information content (AvgIpc) is 2.36. The van der Waals surface area contributed by atoms with E-state index in [1.165, 1.54) is 0 Å². The number of carbonyl (C=O) groups is 2. The zero-order valence-electron chi connectivity index (χ0n) is 13.0. The molecule has 0 aromatic heterocycles. The lowest BCUT2D eigenvalue weighted by Crippen LogP contribution is -2.52. The molecule has 2 amide bonds. The van der Waals surface area contributed by atoms with Gasteiger partial charge in [0, 0.05) is 31.6 Å². The molecule has 1 fully saturated rings. The fourth-order valence-electron chi connectivity index (χ4n) is 2.15. The van der Waals surface area contributed by atoms with E-state index in [9.17, 15) is 9.59 Å². The molecular weight excluding hydrogens is 258 g/mol. The lowest BCUT2D eigenvalue weighted by Gasteiger charge is -2.35. The number of likely N-dealkylation sites (tertiary alicyclic amines) is 1. The summed E-state index contributed by atoms with van der Waals surface area (Å²) < 4.78 is 0. The quantitative estimate of drug-likeness (QED) is 0.796. The number of hydrogen-bond donors (Lipinski definition) is 2. The minimum Gasteiger partial charge on any atom is -0.481 e. The van der Waals surface area contributed by atoms with Gasteiger partial charge in [-0.1, -0.05) is 0 Å². The molecule has 6 heteroatoms. The topological polar surface area (TPSA) is 72.9 Å². The Labute approximate surface area is 121 Å². The molecule has 0 aromatic carbocycles. The summed E-state index contributed by atoms with van der Waals surface area (Å²) in [5.41, 5.74) is -0.0860. The lowest BCUT2D eigenvalue weighted by molar-refractivity contribution is -0.138. The van der Waals surface area contributed by atoms with E-state index >= 15 is 0 Å². The standard InChI is InChI=1S/C14H27N3O3/c1-14(2,16(3)4)10-15-13(20)17-7-5-11(6-8-17)9-12(18)19/h11H,5-10H2,1-4H3,(H,15,20)(H,18,19). The van der Waals surface area contributed by atoms with Gasteiger partial charge < -0.3 is 20.2 Å². The molecule has 1 aliphatic heterocycles. The van der Waals surface area contributed by atoms with Crippen LogP contribution in [0.25, 0.3) is 0 Å². The van der Waals surface area contributed by atoms with Gasteiger partial charge in [-0.15, -0.1) is 0 Å².